The highest BCUT2D eigenvalue weighted by Gasteiger charge is 2.20. The molecule has 0 spiro atoms. The molecule has 1 atom stereocenters. The number of nitrogens with zero attached hydrogens (tertiary/aromatic N) is 2. The van der Waals surface area contributed by atoms with Gasteiger partial charge in [-0.25, -0.2) is 0 Å². The maximum Gasteiger partial charge on any atom is 0.234 e. The Morgan fingerprint density at radius 1 is 1.16 bits per heavy atom. The molecule has 1 heterocycles. The van der Waals surface area contributed by atoms with E-state index in [1.165, 1.54) is 0 Å². The molecule has 6 heteroatoms. The monoisotopic (exact) mass is 349 g/mol. The van der Waals surface area contributed by atoms with Gasteiger partial charge >= 0.3 is 0 Å². The smallest absolute Gasteiger partial charge is 0.234 e. The molecule has 2 N–H and O–H groups in total. The zero-order valence-electron chi connectivity index (χ0n) is 15.4. The summed E-state index contributed by atoms with van der Waals surface area (Å²) in [4.78, 5) is 16.5. The van der Waals surface area contributed by atoms with Crippen molar-refractivity contribution >= 4 is 5.91 Å². The molecule has 0 bridgehead atoms. The summed E-state index contributed by atoms with van der Waals surface area (Å²) >= 11 is 0. The first-order chi connectivity index (χ1) is 12.0. The van der Waals surface area contributed by atoms with Gasteiger partial charge in [0, 0.05) is 39.3 Å². The third kappa shape index (κ3) is 7.96. The maximum absolute atomic E-state index is 12.1. The molecule has 1 unspecified atom stereocenters. The number of nitrogens with one attached hydrogen (secondary N) is 1. The number of ether oxygens (including phenoxy) is 1. The summed E-state index contributed by atoms with van der Waals surface area (Å²) in [6.45, 7) is 9.35. The van der Waals surface area contributed by atoms with E-state index < -0.39 is 6.10 Å². The van der Waals surface area contributed by atoms with Crippen molar-refractivity contribution < 1.29 is 14.6 Å². The Morgan fingerprint density at radius 3 is 2.44 bits per heavy atom. The van der Waals surface area contributed by atoms with Gasteiger partial charge in [0.15, 0.2) is 0 Å². The van der Waals surface area contributed by atoms with Crippen LogP contribution in [0.5, 0.6) is 0 Å². The van der Waals surface area contributed by atoms with E-state index in [2.05, 4.69) is 15.1 Å². The number of carbonyl (C=O) groups is 1. The minimum atomic E-state index is -0.455. The van der Waals surface area contributed by atoms with Gasteiger partial charge in [-0.1, -0.05) is 30.3 Å². The van der Waals surface area contributed by atoms with E-state index in [4.69, 9.17) is 4.74 Å². The van der Waals surface area contributed by atoms with Crippen LogP contribution in [0.25, 0.3) is 0 Å². The summed E-state index contributed by atoms with van der Waals surface area (Å²) < 4.78 is 5.44. The highest BCUT2D eigenvalue weighted by Crippen LogP contribution is 2.04. The molecule has 1 saturated heterocycles. The first kappa shape index (κ1) is 19.8. The lowest BCUT2D eigenvalue weighted by Crippen LogP contribution is -2.51. The molecule has 140 valence electrons. The van der Waals surface area contributed by atoms with Crippen molar-refractivity contribution in [3.63, 3.8) is 0 Å². The van der Waals surface area contributed by atoms with Crippen LogP contribution >= 0.6 is 0 Å². The summed E-state index contributed by atoms with van der Waals surface area (Å²) in [6.07, 6.45) is -0.316. The quantitative estimate of drug-likeness (QED) is 0.687. The molecule has 0 radical (unpaired) electrons. The fourth-order valence-electron chi connectivity index (χ4n) is 2.84. The normalized spacial score (nSPS) is 17.6. The molecule has 1 fully saturated rings. The summed E-state index contributed by atoms with van der Waals surface area (Å²) in [5, 5.41) is 13.0. The largest absolute Gasteiger partial charge is 0.389 e. The van der Waals surface area contributed by atoms with Crippen LogP contribution in [0, 0.1) is 0 Å². The Labute approximate surface area is 150 Å². The van der Waals surface area contributed by atoms with Crippen molar-refractivity contribution in [2.45, 2.75) is 32.6 Å². The van der Waals surface area contributed by atoms with E-state index in [-0.39, 0.29) is 12.0 Å². The molecule has 2 rings (SSSR count). The van der Waals surface area contributed by atoms with Crippen molar-refractivity contribution in [3.05, 3.63) is 35.9 Å². The number of rotatable bonds is 9. The lowest BCUT2D eigenvalue weighted by atomic mass is 10.2. The minimum absolute atomic E-state index is 0.0580. The van der Waals surface area contributed by atoms with E-state index in [9.17, 15) is 9.90 Å². The van der Waals surface area contributed by atoms with Gasteiger partial charge < -0.3 is 15.2 Å². The van der Waals surface area contributed by atoms with Crippen LogP contribution in [-0.2, 0) is 16.1 Å². The first-order valence-corrected chi connectivity index (χ1v) is 9.08. The van der Waals surface area contributed by atoms with Gasteiger partial charge in [0.1, 0.15) is 0 Å². The molecule has 0 aliphatic carbocycles. The van der Waals surface area contributed by atoms with Crippen molar-refractivity contribution in [1.82, 2.24) is 15.1 Å². The summed E-state index contributed by atoms with van der Waals surface area (Å²) in [7, 11) is 0. The van der Waals surface area contributed by atoms with Gasteiger partial charge in [-0.15, -0.1) is 0 Å². The van der Waals surface area contributed by atoms with Gasteiger partial charge in [0.2, 0.25) is 5.91 Å². The maximum atomic E-state index is 12.1. The number of carbonyl (C=O) groups excluding carboxylic acids is 1. The highest BCUT2D eigenvalue weighted by atomic mass is 16.5. The Hall–Kier alpha value is -1.47. The van der Waals surface area contributed by atoms with Crippen LogP contribution in [-0.4, -0.2) is 78.9 Å². The molecular formula is C19H31N3O3. The van der Waals surface area contributed by atoms with Crippen molar-refractivity contribution in [2.75, 3.05) is 45.9 Å². The van der Waals surface area contributed by atoms with E-state index in [1.807, 2.05) is 44.2 Å². The second kappa shape index (κ2) is 10.5. The number of aliphatic hydroxyl groups is 1. The molecule has 1 amide bonds. The predicted molar refractivity (Wildman–Crippen MR) is 98.3 cm³/mol. The fraction of sp³-hybridized carbons (Fsp3) is 0.632. The second-order valence-electron chi connectivity index (χ2n) is 6.87. The average molecular weight is 349 g/mol. The van der Waals surface area contributed by atoms with Crippen molar-refractivity contribution in [2.24, 2.45) is 0 Å². The van der Waals surface area contributed by atoms with Crippen LogP contribution in [0.15, 0.2) is 30.3 Å². The van der Waals surface area contributed by atoms with Crippen LogP contribution < -0.4 is 5.32 Å². The highest BCUT2D eigenvalue weighted by molar-refractivity contribution is 5.78. The second-order valence-corrected chi connectivity index (χ2v) is 6.87. The van der Waals surface area contributed by atoms with E-state index >= 15 is 0 Å². The molecule has 0 aromatic heterocycles. The third-order valence-corrected chi connectivity index (χ3v) is 4.26. The molecule has 6 nitrogen and oxygen atoms in total. The van der Waals surface area contributed by atoms with Crippen LogP contribution in [0.2, 0.25) is 0 Å². The fourth-order valence-corrected chi connectivity index (χ4v) is 2.84. The van der Waals surface area contributed by atoms with Gasteiger partial charge in [-0.3, -0.25) is 14.6 Å². The predicted octanol–water partition coefficient (Wildman–Crippen LogP) is 0.706. The van der Waals surface area contributed by atoms with Crippen LogP contribution in [0.1, 0.15) is 19.4 Å². The number of piperazine rings is 1. The molecule has 0 saturated carbocycles. The average Bonchev–Trinajstić information content (AvgIpc) is 2.61. The number of amides is 1. The molecule has 1 aliphatic rings. The number of hydrogen-bond donors (Lipinski definition) is 2. The van der Waals surface area contributed by atoms with E-state index in [0.29, 0.717) is 26.2 Å². The number of hydrogen-bond acceptors (Lipinski definition) is 5. The van der Waals surface area contributed by atoms with Crippen molar-refractivity contribution in [3.8, 4) is 0 Å². The Morgan fingerprint density at radius 2 is 1.80 bits per heavy atom. The molecule has 1 aromatic carbocycles. The lowest BCUT2D eigenvalue weighted by molar-refractivity contribution is -0.122. The zero-order chi connectivity index (χ0) is 18.1. The zero-order valence-corrected chi connectivity index (χ0v) is 15.4. The topological polar surface area (TPSA) is 65.0 Å². The number of aliphatic hydroxyl groups excluding tert-OH is 1. The Balaban J connectivity index is 1.60. The summed E-state index contributed by atoms with van der Waals surface area (Å²) in [5.41, 5.74) is 1.11. The Kier molecular flexibility index (Phi) is 8.34. The minimum Gasteiger partial charge on any atom is -0.389 e. The van der Waals surface area contributed by atoms with Gasteiger partial charge in [0.05, 0.1) is 25.4 Å². The summed E-state index contributed by atoms with van der Waals surface area (Å²) in [5.74, 6) is 0.0580. The number of β-amino-alcohol motifs (C(OH)–C–C–N with tert-alkyl or cyclic N) is 1. The van der Waals surface area contributed by atoms with Gasteiger partial charge in [-0.05, 0) is 19.4 Å². The SMILES string of the molecule is CC(C)OCC(O)CN1CCN(CC(=O)NCc2ccccc2)CC1. The molecule has 1 aliphatic heterocycles. The lowest BCUT2D eigenvalue weighted by Gasteiger charge is -2.35. The van der Waals surface area contributed by atoms with Gasteiger partial charge in [-0.2, -0.15) is 0 Å². The van der Waals surface area contributed by atoms with Gasteiger partial charge in [0.25, 0.3) is 0 Å². The van der Waals surface area contributed by atoms with Crippen molar-refractivity contribution in [1.29, 1.82) is 0 Å². The summed E-state index contributed by atoms with van der Waals surface area (Å²) in [6, 6.07) is 9.93. The first-order valence-electron chi connectivity index (χ1n) is 9.08. The third-order valence-electron chi connectivity index (χ3n) is 4.26. The molecule has 1 aromatic rings. The van der Waals surface area contributed by atoms with Crippen LogP contribution in [0.4, 0.5) is 0 Å². The van der Waals surface area contributed by atoms with E-state index in [1.54, 1.807) is 0 Å². The molecule has 25 heavy (non-hydrogen) atoms. The van der Waals surface area contributed by atoms with E-state index in [0.717, 1.165) is 31.7 Å². The molecular weight excluding hydrogens is 318 g/mol. The number of benzene rings is 1. The van der Waals surface area contributed by atoms with Crippen LogP contribution in [0.3, 0.4) is 0 Å². The Bertz CT molecular complexity index is 502. The standard InChI is InChI=1S/C19H31N3O3/c1-16(2)25-15-18(23)13-21-8-10-22(11-9-21)14-19(24)20-12-17-6-4-3-5-7-17/h3-7,16,18,23H,8-15H2,1-2H3,(H,20,24).